The number of ether oxygens (including phenoxy) is 1. The third kappa shape index (κ3) is 3.90. The summed E-state index contributed by atoms with van der Waals surface area (Å²) in [6.45, 7) is 9.68. The lowest BCUT2D eigenvalue weighted by molar-refractivity contribution is 0.124. The van der Waals surface area contributed by atoms with Gasteiger partial charge in [-0.15, -0.1) is 0 Å². The second-order valence-corrected chi connectivity index (χ2v) is 3.94. The van der Waals surface area contributed by atoms with E-state index in [1.165, 1.54) is 0 Å². The van der Waals surface area contributed by atoms with Gasteiger partial charge in [-0.05, 0) is 20.8 Å². The lowest BCUT2D eigenvalue weighted by atomic mass is 10.2. The van der Waals surface area contributed by atoms with Crippen molar-refractivity contribution < 1.29 is 4.74 Å². The van der Waals surface area contributed by atoms with Crippen LogP contribution in [0.25, 0.3) is 0 Å². The summed E-state index contributed by atoms with van der Waals surface area (Å²) >= 11 is 0. The highest BCUT2D eigenvalue weighted by molar-refractivity contribution is 4.95. The topological polar surface area (TPSA) is 62.8 Å². The molecule has 0 radical (unpaired) electrons. The van der Waals surface area contributed by atoms with Crippen LogP contribution in [-0.2, 0) is 11.2 Å². The van der Waals surface area contributed by atoms with Crippen LogP contribution in [-0.4, -0.2) is 34.4 Å². The van der Waals surface area contributed by atoms with Crippen LogP contribution < -0.4 is 5.32 Å². The highest BCUT2D eigenvalue weighted by Gasteiger charge is 2.13. The second-order valence-electron chi connectivity index (χ2n) is 3.94. The SMILES string of the molecule is CCOCC(C)NC(C)c1n[nH]c(CC)n1. The minimum atomic E-state index is 0.145. The highest BCUT2D eigenvalue weighted by Crippen LogP contribution is 2.07. The zero-order valence-electron chi connectivity index (χ0n) is 10.6. The molecule has 0 fully saturated rings. The zero-order valence-corrected chi connectivity index (χ0v) is 10.6. The number of nitrogens with one attached hydrogen (secondary N) is 2. The molecule has 16 heavy (non-hydrogen) atoms. The molecule has 2 N–H and O–H groups in total. The van der Waals surface area contributed by atoms with Gasteiger partial charge in [0.15, 0.2) is 5.82 Å². The Morgan fingerprint density at radius 2 is 2.12 bits per heavy atom. The van der Waals surface area contributed by atoms with Gasteiger partial charge in [-0.1, -0.05) is 6.92 Å². The predicted molar refractivity (Wildman–Crippen MR) is 63.3 cm³/mol. The summed E-state index contributed by atoms with van der Waals surface area (Å²) < 4.78 is 5.35. The molecular weight excluding hydrogens is 204 g/mol. The third-order valence-electron chi connectivity index (χ3n) is 2.38. The van der Waals surface area contributed by atoms with E-state index in [0.29, 0.717) is 12.6 Å². The lowest BCUT2D eigenvalue weighted by Crippen LogP contribution is -2.33. The first-order valence-corrected chi connectivity index (χ1v) is 5.92. The Kier molecular flexibility index (Phi) is 5.42. The lowest BCUT2D eigenvalue weighted by Gasteiger charge is -2.17. The number of rotatable bonds is 7. The van der Waals surface area contributed by atoms with E-state index in [9.17, 15) is 0 Å². The minimum absolute atomic E-state index is 0.145. The molecule has 2 unspecified atom stereocenters. The van der Waals surface area contributed by atoms with E-state index in [0.717, 1.165) is 24.7 Å². The van der Waals surface area contributed by atoms with Crippen LogP contribution in [0.3, 0.4) is 0 Å². The van der Waals surface area contributed by atoms with E-state index in [4.69, 9.17) is 4.74 Å². The van der Waals surface area contributed by atoms with E-state index in [-0.39, 0.29) is 6.04 Å². The summed E-state index contributed by atoms with van der Waals surface area (Å²) in [5.74, 6) is 1.75. The number of hydrogen-bond donors (Lipinski definition) is 2. The van der Waals surface area contributed by atoms with Crippen molar-refractivity contribution in [3.63, 3.8) is 0 Å². The van der Waals surface area contributed by atoms with Crippen molar-refractivity contribution in [3.8, 4) is 0 Å². The number of hydrogen-bond acceptors (Lipinski definition) is 4. The Bertz CT molecular complexity index is 300. The average Bonchev–Trinajstić information content (AvgIpc) is 2.74. The largest absolute Gasteiger partial charge is 0.380 e. The number of aromatic amines is 1. The number of H-pyrrole nitrogens is 1. The Labute approximate surface area is 97.0 Å². The van der Waals surface area contributed by atoms with Gasteiger partial charge in [-0.3, -0.25) is 5.10 Å². The molecule has 0 saturated carbocycles. The summed E-state index contributed by atoms with van der Waals surface area (Å²) in [4.78, 5) is 4.39. The van der Waals surface area contributed by atoms with Crippen molar-refractivity contribution in [1.82, 2.24) is 20.5 Å². The van der Waals surface area contributed by atoms with Gasteiger partial charge < -0.3 is 10.1 Å². The standard InChI is InChI=1S/C11H22N4O/c1-5-10-13-11(15-14-10)9(4)12-8(3)7-16-6-2/h8-9,12H,5-7H2,1-4H3,(H,13,14,15). The molecule has 5 heteroatoms. The molecule has 0 aliphatic rings. The highest BCUT2D eigenvalue weighted by atomic mass is 16.5. The van der Waals surface area contributed by atoms with Crippen molar-refractivity contribution in [3.05, 3.63) is 11.6 Å². The maximum absolute atomic E-state index is 5.35. The normalized spacial score (nSPS) is 15.0. The van der Waals surface area contributed by atoms with E-state index in [2.05, 4.69) is 41.3 Å². The molecular formula is C11H22N4O. The van der Waals surface area contributed by atoms with E-state index >= 15 is 0 Å². The minimum Gasteiger partial charge on any atom is -0.380 e. The van der Waals surface area contributed by atoms with Crippen LogP contribution in [0.1, 0.15) is 45.4 Å². The zero-order chi connectivity index (χ0) is 12.0. The van der Waals surface area contributed by atoms with Crippen molar-refractivity contribution >= 4 is 0 Å². The Morgan fingerprint density at radius 3 is 2.69 bits per heavy atom. The quantitative estimate of drug-likeness (QED) is 0.738. The number of aromatic nitrogens is 3. The maximum Gasteiger partial charge on any atom is 0.167 e. The molecule has 1 aromatic heterocycles. The van der Waals surface area contributed by atoms with Crippen molar-refractivity contribution in [2.75, 3.05) is 13.2 Å². The number of aryl methyl sites for hydroxylation is 1. The van der Waals surface area contributed by atoms with Crippen LogP contribution in [0.4, 0.5) is 0 Å². The summed E-state index contributed by atoms with van der Waals surface area (Å²) in [7, 11) is 0. The molecule has 1 aromatic rings. The average molecular weight is 226 g/mol. The van der Waals surface area contributed by atoms with Gasteiger partial charge in [0.25, 0.3) is 0 Å². The predicted octanol–water partition coefficient (Wildman–Crippen LogP) is 1.44. The first-order chi connectivity index (χ1) is 7.67. The van der Waals surface area contributed by atoms with Gasteiger partial charge >= 0.3 is 0 Å². The van der Waals surface area contributed by atoms with Crippen LogP contribution >= 0.6 is 0 Å². The van der Waals surface area contributed by atoms with Crippen molar-refractivity contribution in [2.24, 2.45) is 0 Å². The monoisotopic (exact) mass is 226 g/mol. The first kappa shape index (κ1) is 13.1. The molecule has 1 rings (SSSR count). The van der Waals surface area contributed by atoms with Gasteiger partial charge in [-0.25, -0.2) is 4.98 Å². The van der Waals surface area contributed by atoms with Crippen LogP contribution in [0, 0.1) is 0 Å². The maximum atomic E-state index is 5.35. The van der Waals surface area contributed by atoms with Gasteiger partial charge in [0, 0.05) is 19.1 Å². The summed E-state index contributed by atoms with van der Waals surface area (Å²) in [5, 5.41) is 10.5. The third-order valence-corrected chi connectivity index (χ3v) is 2.38. The molecule has 0 spiro atoms. The molecule has 0 aromatic carbocycles. The smallest absolute Gasteiger partial charge is 0.167 e. The summed E-state index contributed by atoms with van der Waals surface area (Å²) in [6, 6.07) is 0.450. The Balaban J connectivity index is 2.41. The summed E-state index contributed by atoms with van der Waals surface area (Å²) in [5.41, 5.74) is 0. The van der Waals surface area contributed by atoms with Gasteiger partial charge in [-0.2, -0.15) is 5.10 Å². The van der Waals surface area contributed by atoms with Gasteiger partial charge in [0.2, 0.25) is 0 Å². The fourth-order valence-corrected chi connectivity index (χ4v) is 1.51. The van der Waals surface area contributed by atoms with Crippen molar-refractivity contribution in [1.29, 1.82) is 0 Å². The molecule has 92 valence electrons. The second kappa shape index (κ2) is 6.60. The fourth-order valence-electron chi connectivity index (χ4n) is 1.51. The molecule has 1 heterocycles. The van der Waals surface area contributed by atoms with Gasteiger partial charge in [0.1, 0.15) is 5.82 Å². The van der Waals surface area contributed by atoms with E-state index in [1.807, 2.05) is 6.92 Å². The van der Waals surface area contributed by atoms with Crippen LogP contribution in [0.15, 0.2) is 0 Å². The Hall–Kier alpha value is -0.940. The van der Waals surface area contributed by atoms with E-state index in [1.54, 1.807) is 0 Å². The van der Waals surface area contributed by atoms with Gasteiger partial charge in [0.05, 0.1) is 12.6 Å². The molecule has 5 nitrogen and oxygen atoms in total. The molecule has 0 aliphatic carbocycles. The summed E-state index contributed by atoms with van der Waals surface area (Å²) in [6.07, 6.45) is 0.883. The van der Waals surface area contributed by atoms with Crippen molar-refractivity contribution in [2.45, 2.75) is 46.2 Å². The van der Waals surface area contributed by atoms with E-state index < -0.39 is 0 Å². The molecule has 0 bridgehead atoms. The number of nitrogens with zero attached hydrogens (tertiary/aromatic N) is 2. The molecule has 0 saturated heterocycles. The fraction of sp³-hybridized carbons (Fsp3) is 0.818. The molecule has 0 aliphatic heterocycles. The molecule has 0 amide bonds. The van der Waals surface area contributed by atoms with Crippen LogP contribution in [0.5, 0.6) is 0 Å². The Morgan fingerprint density at radius 1 is 1.38 bits per heavy atom. The van der Waals surface area contributed by atoms with Crippen LogP contribution in [0.2, 0.25) is 0 Å². The first-order valence-electron chi connectivity index (χ1n) is 5.92. The molecule has 2 atom stereocenters.